The third-order valence-corrected chi connectivity index (χ3v) is 6.19. The third-order valence-electron chi connectivity index (χ3n) is 6.19. The van der Waals surface area contributed by atoms with Crippen molar-refractivity contribution in [2.45, 2.75) is 58.7 Å². The van der Waals surface area contributed by atoms with Crippen molar-refractivity contribution in [2.24, 2.45) is 35.0 Å². The normalized spacial score (nSPS) is 61.2. The third kappa shape index (κ3) is 1.40. The molecule has 98 valence electrons. The summed E-state index contributed by atoms with van der Waals surface area (Å²) in [6.45, 7) is 8.81. The van der Waals surface area contributed by atoms with E-state index >= 15 is 0 Å². The average molecular weight is 238 g/mol. The highest BCUT2D eigenvalue weighted by atomic mass is 16.3. The second kappa shape index (κ2) is 3.27. The molecule has 0 aliphatic heterocycles. The first-order valence-electron chi connectivity index (χ1n) is 7.19. The number of rotatable bonds is 1. The highest BCUT2D eigenvalue weighted by Crippen LogP contribution is 2.73. The van der Waals surface area contributed by atoms with Crippen molar-refractivity contribution in [1.82, 2.24) is 0 Å². The topological polar surface area (TPSA) is 40.5 Å². The smallest absolute Gasteiger partial charge is 0.0657 e. The van der Waals surface area contributed by atoms with E-state index in [0.717, 1.165) is 37.0 Å². The van der Waals surface area contributed by atoms with Gasteiger partial charge in [0.05, 0.1) is 11.7 Å². The molecule has 0 aromatic rings. The molecule has 17 heavy (non-hydrogen) atoms. The minimum absolute atomic E-state index is 0.0253. The maximum Gasteiger partial charge on any atom is 0.0657 e. The molecule has 2 N–H and O–H groups in total. The van der Waals surface area contributed by atoms with Gasteiger partial charge in [0.25, 0.3) is 0 Å². The van der Waals surface area contributed by atoms with Gasteiger partial charge in [0.15, 0.2) is 0 Å². The molecule has 3 fully saturated rings. The summed E-state index contributed by atoms with van der Waals surface area (Å²) in [7, 11) is 0. The van der Waals surface area contributed by atoms with Gasteiger partial charge in [0.2, 0.25) is 0 Å². The van der Waals surface area contributed by atoms with Crippen molar-refractivity contribution in [2.75, 3.05) is 0 Å². The summed E-state index contributed by atoms with van der Waals surface area (Å²) in [6, 6.07) is 0. The van der Waals surface area contributed by atoms with E-state index in [0.29, 0.717) is 11.8 Å². The zero-order valence-electron chi connectivity index (χ0n) is 11.5. The highest BCUT2D eigenvalue weighted by Gasteiger charge is 2.72. The lowest BCUT2D eigenvalue weighted by atomic mass is 9.58. The molecule has 0 radical (unpaired) electrons. The Bertz CT molecular complexity index is 336. The Morgan fingerprint density at radius 2 is 1.88 bits per heavy atom. The largest absolute Gasteiger partial charge is 0.393 e. The number of aliphatic hydroxyl groups is 2. The van der Waals surface area contributed by atoms with Gasteiger partial charge in [-0.1, -0.05) is 20.8 Å². The number of aliphatic hydroxyl groups excluding tert-OH is 1. The molecule has 3 aliphatic rings. The first-order valence-corrected chi connectivity index (χ1v) is 7.19. The van der Waals surface area contributed by atoms with E-state index < -0.39 is 5.60 Å². The molecular weight excluding hydrogens is 212 g/mol. The van der Waals surface area contributed by atoms with Crippen molar-refractivity contribution < 1.29 is 10.2 Å². The van der Waals surface area contributed by atoms with Gasteiger partial charge in [0.1, 0.15) is 0 Å². The van der Waals surface area contributed by atoms with Gasteiger partial charge >= 0.3 is 0 Å². The molecule has 0 unspecified atom stereocenters. The second-order valence-electron chi connectivity index (χ2n) is 7.66. The molecular formula is C15H26O2. The van der Waals surface area contributed by atoms with Crippen LogP contribution in [0.4, 0.5) is 0 Å². The van der Waals surface area contributed by atoms with Crippen molar-refractivity contribution in [1.29, 1.82) is 0 Å². The minimum atomic E-state index is -0.558. The van der Waals surface area contributed by atoms with E-state index in [1.807, 2.05) is 6.92 Å². The van der Waals surface area contributed by atoms with Gasteiger partial charge in [-0.2, -0.15) is 0 Å². The predicted molar refractivity (Wildman–Crippen MR) is 67.4 cm³/mol. The second-order valence-corrected chi connectivity index (χ2v) is 7.66. The van der Waals surface area contributed by atoms with E-state index in [1.54, 1.807) is 0 Å². The fourth-order valence-electron chi connectivity index (χ4n) is 5.57. The predicted octanol–water partition coefficient (Wildman–Crippen LogP) is 2.44. The van der Waals surface area contributed by atoms with Gasteiger partial charge in [-0.3, -0.25) is 0 Å². The van der Waals surface area contributed by atoms with E-state index in [-0.39, 0.29) is 11.5 Å². The van der Waals surface area contributed by atoms with E-state index in [1.165, 1.54) is 0 Å². The van der Waals surface area contributed by atoms with Crippen LogP contribution in [0.2, 0.25) is 0 Å². The standard InChI is InChI=1S/C15H26O2/c1-8(2)11-9-7-14(3)10(16)5-6-15(4,17)13(14)12(9)11/h8-13,16-17H,5-7H2,1-4H3/t9-,10-,11-,12-,13+,14+,15+/m1/s1. The summed E-state index contributed by atoms with van der Waals surface area (Å²) in [4.78, 5) is 0. The quantitative estimate of drug-likeness (QED) is 0.736. The number of hydrogen-bond donors (Lipinski definition) is 2. The fourth-order valence-corrected chi connectivity index (χ4v) is 5.57. The maximum absolute atomic E-state index is 10.7. The van der Waals surface area contributed by atoms with Gasteiger partial charge in [-0.15, -0.1) is 0 Å². The molecule has 0 bridgehead atoms. The van der Waals surface area contributed by atoms with Crippen LogP contribution in [0.3, 0.4) is 0 Å². The molecule has 0 saturated heterocycles. The summed E-state index contributed by atoms with van der Waals surface area (Å²) in [5, 5.41) is 21.0. The van der Waals surface area contributed by atoms with Crippen LogP contribution in [0.25, 0.3) is 0 Å². The zero-order valence-corrected chi connectivity index (χ0v) is 11.5. The lowest BCUT2D eigenvalue weighted by molar-refractivity contribution is -0.150. The molecule has 0 heterocycles. The summed E-state index contributed by atoms with van der Waals surface area (Å²) >= 11 is 0. The Balaban J connectivity index is 1.92. The van der Waals surface area contributed by atoms with E-state index in [4.69, 9.17) is 0 Å². The average Bonchev–Trinajstić information content (AvgIpc) is 2.77. The molecule has 3 rings (SSSR count). The van der Waals surface area contributed by atoms with Crippen molar-refractivity contribution in [3.8, 4) is 0 Å². The number of fused-ring (bicyclic) bond motifs is 3. The molecule has 2 nitrogen and oxygen atoms in total. The first kappa shape index (κ1) is 12.0. The van der Waals surface area contributed by atoms with Gasteiger partial charge in [-0.05, 0) is 61.2 Å². The lowest BCUT2D eigenvalue weighted by Gasteiger charge is -2.51. The van der Waals surface area contributed by atoms with Crippen LogP contribution in [-0.4, -0.2) is 21.9 Å². The van der Waals surface area contributed by atoms with Crippen LogP contribution in [0.1, 0.15) is 47.0 Å². The van der Waals surface area contributed by atoms with Crippen LogP contribution in [0.15, 0.2) is 0 Å². The van der Waals surface area contributed by atoms with Crippen molar-refractivity contribution >= 4 is 0 Å². The van der Waals surface area contributed by atoms with Gasteiger partial charge < -0.3 is 10.2 Å². The zero-order chi connectivity index (χ0) is 12.6. The summed E-state index contributed by atoms with van der Waals surface area (Å²) in [5.74, 6) is 3.28. The molecule has 7 atom stereocenters. The highest BCUT2D eigenvalue weighted by molar-refractivity contribution is 5.20. The Kier molecular flexibility index (Phi) is 2.30. The van der Waals surface area contributed by atoms with E-state index in [2.05, 4.69) is 20.8 Å². The lowest BCUT2D eigenvalue weighted by Crippen LogP contribution is -2.54. The summed E-state index contributed by atoms with van der Waals surface area (Å²) in [5.41, 5.74) is -0.584. The maximum atomic E-state index is 10.7. The molecule has 3 aliphatic carbocycles. The van der Waals surface area contributed by atoms with Crippen LogP contribution in [0, 0.1) is 35.0 Å². The molecule has 3 saturated carbocycles. The van der Waals surface area contributed by atoms with Gasteiger partial charge in [0, 0.05) is 0 Å². The van der Waals surface area contributed by atoms with Crippen LogP contribution in [-0.2, 0) is 0 Å². The SMILES string of the molecule is CC(C)[C@@H]1[C@H]2C[C@@]3(C)[C@H](O)CC[C@](C)(O)[C@H]3[C@H]21. The molecule has 0 aromatic carbocycles. The van der Waals surface area contributed by atoms with Crippen LogP contribution < -0.4 is 0 Å². The van der Waals surface area contributed by atoms with Crippen LogP contribution >= 0.6 is 0 Å². The van der Waals surface area contributed by atoms with Crippen molar-refractivity contribution in [3.63, 3.8) is 0 Å². The van der Waals surface area contributed by atoms with Crippen LogP contribution in [0.5, 0.6) is 0 Å². The van der Waals surface area contributed by atoms with Crippen molar-refractivity contribution in [3.05, 3.63) is 0 Å². The molecule has 0 spiro atoms. The number of hydrogen-bond acceptors (Lipinski definition) is 2. The monoisotopic (exact) mass is 238 g/mol. The summed E-state index contributed by atoms with van der Waals surface area (Å²) < 4.78 is 0. The van der Waals surface area contributed by atoms with E-state index in [9.17, 15) is 10.2 Å². The summed E-state index contributed by atoms with van der Waals surface area (Å²) in [6.07, 6.45) is 2.46. The Morgan fingerprint density at radius 3 is 2.47 bits per heavy atom. The first-order chi connectivity index (χ1) is 7.79. The molecule has 0 amide bonds. The Morgan fingerprint density at radius 1 is 1.24 bits per heavy atom. The minimum Gasteiger partial charge on any atom is -0.393 e. The van der Waals surface area contributed by atoms with Gasteiger partial charge in [-0.25, -0.2) is 0 Å². The Hall–Kier alpha value is -0.0800. The Labute approximate surface area is 104 Å². The molecule has 0 aromatic heterocycles. The fraction of sp³-hybridized carbons (Fsp3) is 1.00. The molecule has 2 heteroatoms.